The van der Waals surface area contributed by atoms with E-state index >= 15 is 0 Å². The molecule has 0 spiro atoms. The first kappa shape index (κ1) is 14.6. The highest BCUT2D eigenvalue weighted by molar-refractivity contribution is 7.89. The lowest BCUT2D eigenvalue weighted by atomic mass is 10.3. The Labute approximate surface area is 118 Å². The van der Waals surface area contributed by atoms with Crippen molar-refractivity contribution in [2.45, 2.75) is 17.7 Å². The summed E-state index contributed by atoms with van der Waals surface area (Å²) in [5, 5.41) is 7.95. The van der Waals surface area contributed by atoms with Crippen molar-refractivity contribution >= 4 is 27.3 Å². The van der Waals surface area contributed by atoms with E-state index in [1.54, 1.807) is 11.0 Å². The maximum atomic E-state index is 11.9. The first-order chi connectivity index (χ1) is 9.38. The number of carbonyl (C=O) groups is 1. The van der Waals surface area contributed by atoms with Crippen molar-refractivity contribution in [3.05, 3.63) is 18.2 Å². The van der Waals surface area contributed by atoms with Gasteiger partial charge in [0, 0.05) is 18.8 Å². The number of nitrogens with zero attached hydrogens (tertiary/aromatic N) is 1. The van der Waals surface area contributed by atoms with E-state index in [2.05, 4.69) is 5.32 Å². The fraction of sp³-hybridized carbons (Fsp3) is 0.417. The zero-order valence-electron chi connectivity index (χ0n) is 11.0. The van der Waals surface area contributed by atoms with Gasteiger partial charge in [-0.1, -0.05) is 0 Å². The molecule has 0 aromatic heterocycles. The van der Waals surface area contributed by atoms with Crippen molar-refractivity contribution in [1.29, 1.82) is 0 Å². The highest BCUT2D eigenvalue weighted by Crippen LogP contribution is 2.22. The van der Waals surface area contributed by atoms with E-state index in [0.29, 0.717) is 5.69 Å². The van der Waals surface area contributed by atoms with Crippen molar-refractivity contribution < 1.29 is 13.2 Å². The number of carbonyl (C=O) groups excluding carboxylic acids is 1. The molecule has 8 heteroatoms. The zero-order chi connectivity index (χ0) is 14.8. The first-order valence-corrected chi connectivity index (χ1v) is 7.86. The van der Waals surface area contributed by atoms with Crippen LogP contribution in [-0.4, -0.2) is 38.9 Å². The molecule has 1 heterocycles. The lowest BCUT2D eigenvalue weighted by Gasteiger charge is -2.17. The van der Waals surface area contributed by atoms with Crippen molar-refractivity contribution in [3.63, 3.8) is 0 Å². The molecule has 1 aliphatic heterocycles. The fourth-order valence-corrected chi connectivity index (χ4v) is 2.92. The van der Waals surface area contributed by atoms with Gasteiger partial charge in [-0.25, -0.2) is 13.6 Å². The predicted octanol–water partition coefficient (Wildman–Crippen LogP) is -0.0495. The minimum atomic E-state index is -3.89. The van der Waals surface area contributed by atoms with Crippen LogP contribution >= 0.6 is 0 Å². The standard InChI is InChI=1S/C12H18N4O3S/c13-9-3-4-10(11(7-9)20(14,18)19)15-8-12(17)16-5-1-2-6-16/h3-4,7,15H,1-2,5-6,8,13H2,(H2,14,18,19). The molecule has 1 amide bonds. The van der Waals surface area contributed by atoms with Crippen LogP contribution in [0.2, 0.25) is 0 Å². The number of likely N-dealkylation sites (tertiary alicyclic amines) is 1. The van der Waals surface area contributed by atoms with Crippen molar-refractivity contribution in [2.24, 2.45) is 5.14 Å². The first-order valence-electron chi connectivity index (χ1n) is 6.32. The number of hydrogen-bond donors (Lipinski definition) is 3. The summed E-state index contributed by atoms with van der Waals surface area (Å²) in [5.41, 5.74) is 6.14. The number of primary sulfonamides is 1. The monoisotopic (exact) mass is 298 g/mol. The second-order valence-electron chi connectivity index (χ2n) is 4.74. The van der Waals surface area contributed by atoms with Crippen LogP contribution in [0, 0.1) is 0 Å². The predicted molar refractivity (Wildman–Crippen MR) is 76.5 cm³/mol. The number of hydrogen-bond acceptors (Lipinski definition) is 5. The van der Waals surface area contributed by atoms with Crippen LogP contribution in [0.15, 0.2) is 23.1 Å². The van der Waals surface area contributed by atoms with Crippen molar-refractivity contribution in [3.8, 4) is 0 Å². The molecule has 0 atom stereocenters. The molecule has 1 aromatic rings. The van der Waals surface area contributed by atoms with Gasteiger partial charge in [0.05, 0.1) is 12.2 Å². The van der Waals surface area contributed by atoms with Crippen LogP contribution in [0.1, 0.15) is 12.8 Å². The van der Waals surface area contributed by atoms with E-state index in [9.17, 15) is 13.2 Å². The summed E-state index contributed by atoms with van der Waals surface area (Å²) < 4.78 is 23.0. The van der Waals surface area contributed by atoms with E-state index in [4.69, 9.17) is 10.9 Å². The number of nitrogens with one attached hydrogen (secondary N) is 1. The Morgan fingerprint density at radius 1 is 1.30 bits per heavy atom. The fourth-order valence-electron chi connectivity index (χ4n) is 2.17. The number of amides is 1. The molecule has 5 N–H and O–H groups in total. The molecule has 0 radical (unpaired) electrons. The van der Waals surface area contributed by atoms with Gasteiger partial charge in [-0.2, -0.15) is 0 Å². The summed E-state index contributed by atoms with van der Waals surface area (Å²) in [5.74, 6) is -0.0558. The Hall–Kier alpha value is -1.80. The van der Waals surface area contributed by atoms with E-state index in [0.717, 1.165) is 25.9 Å². The number of sulfonamides is 1. The molecular formula is C12H18N4O3S. The van der Waals surface area contributed by atoms with Crippen LogP contribution < -0.4 is 16.2 Å². The minimum Gasteiger partial charge on any atom is -0.399 e. The number of rotatable bonds is 4. The molecule has 20 heavy (non-hydrogen) atoms. The SMILES string of the molecule is Nc1ccc(NCC(=O)N2CCCC2)c(S(N)(=O)=O)c1. The Bertz CT molecular complexity index is 609. The third kappa shape index (κ3) is 3.40. The minimum absolute atomic E-state index is 0.0342. The van der Waals surface area contributed by atoms with Gasteiger partial charge in [0.15, 0.2) is 0 Å². The molecule has 0 aliphatic carbocycles. The largest absolute Gasteiger partial charge is 0.399 e. The Morgan fingerprint density at radius 3 is 2.55 bits per heavy atom. The smallest absolute Gasteiger partial charge is 0.241 e. The van der Waals surface area contributed by atoms with Gasteiger partial charge in [-0.15, -0.1) is 0 Å². The quantitative estimate of drug-likeness (QED) is 0.673. The molecule has 110 valence electrons. The average molecular weight is 298 g/mol. The van der Waals surface area contributed by atoms with Crippen molar-refractivity contribution in [2.75, 3.05) is 30.7 Å². The van der Waals surface area contributed by atoms with Crippen LogP contribution in [0.3, 0.4) is 0 Å². The van der Waals surface area contributed by atoms with E-state index in [1.807, 2.05) is 0 Å². The normalized spacial score (nSPS) is 15.3. The Balaban J connectivity index is 2.11. The van der Waals surface area contributed by atoms with Gasteiger partial charge in [-0.05, 0) is 31.0 Å². The van der Waals surface area contributed by atoms with Crippen LogP contribution in [0.4, 0.5) is 11.4 Å². The molecular weight excluding hydrogens is 280 g/mol. The maximum absolute atomic E-state index is 11.9. The summed E-state index contributed by atoms with van der Waals surface area (Å²) in [6.07, 6.45) is 2.02. The van der Waals surface area contributed by atoms with E-state index in [1.165, 1.54) is 12.1 Å². The summed E-state index contributed by atoms with van der Waals surface area (Å²) >= 11 is 0. The zero-order valence-corrected chi connectivity index (χ0v) is 11.8. The van der Waals surface area contributed by atoms with Crippen LogP contribution in [0.25, 0.3) is 0 Å². The van der Waals surface area contributed by atoms with Gasteiger partial charge in [0.25, 0.3) is 0 Å². The third-order valence-corrected chi connectivity index (χ3v) is 4.15. The molecule has 1 saturated heterocycles. The second-order valence-corrected chi connectivity index (χ2v) is 6.27. The van der Waals surface area contributed by atoms with Gasteiger partial charge < -0.3 is 16.0 Å². The number of anilines is 2. The summed E-state index contributed by atoms with van der Waals surface area (Å²) in [4.78, 5) is 13.6. The molecule has 0 bridgehead atoms. The molecule has 1 aromatic carbocycles. The van der Waals surface area contributed by atoms with Crippen molar-refractivity contribution in [1.82, 2.24) is 4.90 Å². The van der Waals surface area contributed by atoms with Gasteiger partial charge in [0.2, 0.25) is 15.9 Å². The third-order valence-electron chi connectivity index (χ3n) is 3.20. The highest BCUT2D eigenvalue weighted by Gasteiger charge is 2.19. The second kappa shape index (κ2) is 5.68. The van der Waals surface area contributed by atoms with E-state index in [-0.39, 0.29) is 23.0 Å². The lowest BCUT2D eigenvalue weighted by Crippen LogP contribution is -2.33. The molecule has 1 fully saturated rings. The molecule has 7 nitrogen and oxygen atoms in total. The lowest BCUT2D eigenvalue weighted by molar-refractivity contribution is -0.128. The Morgan fingerprint density at radius 2 is 1.95 bits per heavy atom. The van der Waals surface area contributed by atoms with Gasteiger partial charge >= 0.3 is 0 Å². The highest BCUT2D eigenvalue weighted by atomic mass is 32.2. The molecule has 2 rings (SSSR count). The number of benzene rings is 1. The van der Waals surface area contributed by atoms with Gasteiger partial charge in [0.1, 0.15) is 4.90 Å². The topological polar surface area (TPSA) is 119 Å². The molecule has 1 aliphatic rings. The average Bonchev–Trinajstić information content (AvgIpc) is 2.89. The molecule has 0 unspecified atom stereocenters. The number of nitrogens with two attached hydrogens (primary N) is 2. The van der Waals surface area contributed by atoms with Gasteiger partial charge in [-0.3, -0.25) is 4.79 Å². The summed E-state index contributed by atoms with van der Waals surface area (Å²) in [6, 6.07) is 4.33. The molecule has 0 saturated carbocycles. The van der Waals surface area contributed by atoms with E-state index < -0.39 is 10.0 Å². The van der Waals surface area contributed by atoms with Crippen LogP contribution in [-0.2, 0) is 14.8 Å². The Kier molecular flexibility index (Phi) is 4.15. The van der Waals surface area contributed by atoms with Crippen LogP contribution in [0.5, 0.6) is 0 Å². The number of nitrogen functional groups attached to an aromatic ring is 1. The summed E-state index contributed by atoms with van der Waals surface area (Å²) in [6.45, 7) is 1.54. The summed E-state index contributed by atoms with van der Waals surface area (Å²) in [7, 11) is -3.89. The maximum Gasteiger partial charge on any atom is 0.241 e.